The summed E-state index contributed by atoms with van der Waals surface area (Å²) in [6.07, 6.45) is 0. The molecule has 0 saturated heterocycles. The van der Waals surface area contributed by atoms with Crippen LogP contribution in [0.5, 0.6) is 0 Å². The van der Waals surface area contributed by atoms with Crippen LogP contribution in [0, 0.1) is 20.8 Å². The van der Waals surface area contributed by atoms with E-state index >= 15 is 0 Å². The molecule has 0 spiro atoms. The average molecular weight is 432 g/mol. The number of thioether (sulfide) groups is 1. The maximum Gasteiger partial charge on any atom is 0.234 e. The molecule has 0 fully saturated rings. The zero-order valence-electron chi connectivity index (χ0n) is 14.7. The lowest BCUT2D eigenvalue weighted by molar-refractivity contribution is -0.113. The fourth-order valence-electron chi connectivity index (χ4n) is 2.70. The predicted octanol–water partition coefficient (Wildman–Crippen LogP) is 4.08. The van der Waals surface area contributed by atoms with Gasteiger partial charge in [0.05, 0.1) is 11.4 Å². The Morgan fingerprint density at radius 1 is 1.15 bits per heavy atom. The molecule has 0 bridgehead atoms. The number of carbonyl (C=O) groups excluding carboxylic acids is 1. The van der Waals surface area contributed by atoms with Gasteiger partial charge in [0.25, 0.3) is 0 Å². The highest BCUT2D eigenvalue weighted by Gasteiger charge is 2.13. The van der Waals surface area contributed by atoms with E-state index in [2.05, 4.69) is 48.9 Å². The van der Waals surface area contributed by atoms with E-state index in [1.54, 1.807) is 4.68 Å². The molecule has 0 radical (unpaired) electrons. The number of anilines is 1. The van der Waals surface area contributed by atoms with Crippen LogP contribution in [-0.4, -0.2) is 31.9 Å². The van der Waals surface area contributed by atoms with Gasteiger partial charge in [-0.2, -0.15) is 4.68 Å². The van der Waals surface area contributed by atoms with E-state index in [1.807, 2.05) is 45.0 Å². The summed E-state index contributed by atoms with van der Waals surface area (Å²) in [6, 6.07) is 11.8. The summed E-state index contributed by atoms with van der Waals surface area (Å²) in [4.78, 5) is 12.4. The van der Waals surface area contributed by atoms with E-state index in [4.69, 9.17) is 0 Å². The molecule has 1 aromatic heterocycles. The van der Waals surface area contributed by atoms with Crippen molar-refractivity contribution in [2.24, 2.45) is 0 Å². The molecule has 0 aliphatic heterocycles. The van der Waals surface area contributed by atoms with Crippen molar-refractivity contribution in [3.05, 3.63) is 57.6 Å². The summed E-state index contributed by atoms with van der Waals surface area (Å²) in [5, 5.41) is 15.3. The van der Waals surface area contributed by atoms with Crippen molar-refractivity contribution in [3.63, 3.8) is 0 Å². The van der Waals surface area contributed by atoms with Gasteiger partial charge in [-0.3, -0.25) is 4.79 Å². The Kier molecular flexibility index (Phi) is 5.73. The molecule has 1 N–H and O–H groups in total. The minimum Gasteiger partial charge on any atom is -0.325 e. The molecule has 3 rings (SSSR count). The van der Waals surface area contributed by atoms with Crippen LogP contribution >= 0.6 is 27.7 Å². The minimum atomic E-state index is -0.0876. The molecule has 134 valence electrons. The molecule has 6 nitrogen and oxygen atoms in total. The molecule has 26 heavy (non-hydrogen) atoms. The van der Waals surface area contributed by atoms with Crippen LogP contribution in [0.1, 0.15) is 16.7 Å². The largest absolute Gasteiger partial charge is 0.325 e. The zero-order valence-corrected chi connectivity index (χ0v) is 17.1. The first kappa shape index (κ1) is 18.6. The number of hydrogen-bond acceptors (Lipinski definition) is 5. The lowest BCUT2D eigenvalue weighted by Crippen LogP contribution is -2.16. The van der Waals surface area contributed by atoms with Crippen molar-refractivity contribution in [1.29, 1.82) is 0 Å². The first-order valence-electron chi connectivity index (χ1n) is 7.99. The number of nitrogens with zero attached hydrogens (tertiary/aromatic N) is 4. The molecule has 1 amide bonds. The van der Waals surface area contributed by atoms with Gasteiger partial charge in [-0.25, -0.2) is 0 Å². The van der Waals surface area contributed by atoms with Crippen molar-refractivity contribution < 1.29 is 4.79 Å². The Hall–Kier alpha value is -2.19. The van der Waals surface area contributed by atoms with Crippen LogP contribution in [0.4, 0.5) is 5.69 Å². The van der Waals surface area contributed by atoms with Gasteiger partial charge in [0.1, 0.15) is 0 Å². The molecular formula is C18H18BrN5OS. The van der Waals surface area contributed by atoms with Crippen molar-refractivity contribution in [2.75, 3.05) is 11.1 Å². The summed E-state index contributed by atoms with van der Waals surface area (Å²) >= 11 is 4.70. The molecule has 0 aliphatic carbocycles. The number of amides is 1. The summed E-state index contributed by atoms with van der Waals surface area (Å²) in [7, 11) is 0. The summed E-state index contributed by atoms with van der Waals surface area (Å²) in [6.45, 7) is 6.04. The molecule has 0 saturated carbocycles. The highest BCUT2D eigenvalue weighted by Crippen LogP contribution is 2.23. The van der Waals surface area contributed by atoms with Crippen LogP contribution < -0.4 is 5.32 Å². The Morgan fingerprint density at radius 3 is 2.46 bits per heavy atom. The van der Waals surface area contributed by atoms with Crippen LogP contribution in [0.3, 0.4) is 0 Å². The van der Waals surface area contributed by atoms with Gasteiger partial charge < -0.3 is 5.32 Å². The first-order chi connectivity index (χ1) is 12.4. The Bertz CT molecular complexity index is 916. The number of nitrogens with one attached hydrogen (secondary N) is 1. The number of hydrogen-bond donors (Lipinski definition) is 1. The van der Waals surface area contributed by atoms with Gasteiger partial charge >= 0.3 is 0 Å². The number of aromatic nitrogens is 4. The zero-order chi connectivity index (χ0) is 18.7. The molecule has 2 aromatic carbocycles. The maximum atomic E-state index is 12.4. The van der Waals surface area contributed by atoms with Crippen LogP contribution in [0.25, 0.3) is 5.69 Å². The van der Waals surface area contributed by atoms with Crippen molar-refractivity contribution >= 4 is 39.3 Å². The SMILES string of the molecule is Cc1cc(C)c(NC(=O)CSc2nnnn2-c2ccc(Br)cc2)c(C)c1. The Morgan fingerprint density at radius 2 is 1.81 bits per heavy atom. The highest BCUT2D eigenvalue weighted by atomic mass is 79.9. The number of carbonyl (C=O) groups is 1. The monoisotopic (exact) mass is 431 g/mol. The Labute approximate surface area is 164 Å². The summed E-state index contributed by atoms with van der Waals surface area (Å²) < 4.78 is 2.60. The fourth-order valence-corrected chi connectivity index (χ4v) is 3.65. The number of halogens is 1. The normalized spacial score (nSPS) is 10.8. The van der Waals surface area contributed by atoms with Gasteiger partial charge in [-0.1, -0.05) is 45.4 Å². The van der Waals surface area contributed by atoms with Gasteiger partial charge in [0, 0.05) is 10.2 Å². The first-order valence-corrected chi connectivity index (χ1v) is 9.76. The summed E-state index contributed by atoms with van der Waals surface area (Å²) in [5.41, 5.74) is 5.00. The standard InChI is InChI=1S/C18H18BrN5OS/c1-11-8-12(2)17(13(3)9-11)20-16(25)10-26-18-21-22-23-24(18)15-6-4-14(19)5-7-15/h4-9H,10H2,1-3H3,(H,20,25). The third-order valence-corrected chi connectivity index (χ3v) is 5.23. The second kappa shape index (κ2) is 8.01. The summed E-state index contributed by atoms with van der Waals surface area (Å²) in [5.74, 6) is 0.138. The third kappa shape index (κ3) is 4.31. The topological polar surface area (TPSA) is 72.7 Å². The molecule has 8 heteroatoms. The van der Waals surface area contributed by atoms with Crippen molar-refractivity contribution in [3.8, 4) is 5.69 Å². The highest BCUT2D eigenvalue weighted by molar-refractivity contribution is 9.10. The van der Waals surface area contributed by atoms with E-state index in [9.17, 15) is 4.79 Å². The number of benzene rings is 2. The minimum absolute atomic E-state index is 0.0876. The lowest BCUT2D eigenvalue weighted by atomic mass is 10.1. The van der Waals surface area contributed by atoms with E-state index < -0.39 is 0 Å². The van der Waals surface area contributed by atoms with Gasteiger partial charge in [-0.05, 0) is 66.6 Å². The quantitative estimate of drug-likeness (QED) is 0.616. The molecular weight excluding hydrogens is 414 g/mol. The van der Waals surface area contributed by atoms with Crippen LogP contribution in [-0.2, 0) is 4.79 Å². The van der Waals surface area contributed by atoms with E-state index in [1.165, 1.54) is 17.3 Å². The molecule has 0 aliphatic rings. The van der Waals surface area contributed by atoms with E-state index in [-0.39, 0.29) is 11.7 Å². The Balaban J connectivity index is 1.68. The smallest absolute Gasteiger partial charge is 0.234 e. The van der Waals surface area contributed by atoms with Crippen molar-refractivity contribution in [2.45, 2.75) is 25.9 Å². The lowest BCUT2D eigenvalue weighted by Gasteiger charge is -2.12. The molecule has 0 unspecified atom stereocenters. The number of rotatable bonds is 5. The average Bonchev–Trinajstić information content (AvgIpc) is 3.05. The van der Waals surface area contributed by atoms with Gasteiger partial charge in [0.15, 0.2) is 0 Å². The van der Waals surface area contributed by atoms with E-state index in [0.29, 0.717) is 5.16 Å². The predicted molar refractivity (Wildman–Crippen MR) is 107 cm³/mol. The molecule has 3 aromatic rings. The third-order valence-electron chi connectivity index (χ3n) is 3.79. The number of tetrazole rings is 1. The fraction of sp³-hybridized carbons (Fsp3) is 0.222. The maximum absolute atomic E-state index is 12.4. The van der Waals surface area contributed by atoms with Crippen LogP contribution in [0.15, 0.2) is 46.0 Å². The van der Waals surface area contributed by atoms with E-state index in [0.717, 1.165) is 27.0 Å². The molecule has 1 heterocycles. The second-order valence-electron chi connectivity index (χ2n) is 5.96. The van der Waals surface area contributed by atoms with Crippen LogP contribution in [0.2, 0.25) is 0 Å². The second-order valence-corrected chi connectivity index (χ2v) is 7.82. The molecule has 0 atom stereocenters. The van der Waals surface area contributed by atoms with Gasteiger partial charge in [-0.15, -0.1) is 5.10 Å². The van der Waals surface area contributed by atoms with Gasteiger partial charge in [0.2, 0.25) is 11.1 Å². The van der Waals surface area contributed by atoms with Crippen molar-refractivity contribution in [1.82, 2.24) is 20.2 Å². The number of aryl methyl sites for hydroxylation is 3.